The van der Waals surface area contributed by atoms with Crippen LogP contribution in [0.1, 0.15) is 30.9 Å². The first-order chi connectivity index (χ1) is 7.96. The highest BCUT2D eigenvalue weighted by Gasteiger charge is 2.45. The van der Waals surface area contributed by atoms with Gasteiger partial charge >= 0.3 is 0 Å². The van der Waals surface area contributed by atoms with Gasteiger partial charge < -0.3 is 10.1 Å². The number of aryl methyl sites for hydroxylation is 2. The molecule has 1 N–H and O–H groups in total. The van der Waals surface area contributed by atoms with Gasteiger partial charge in [0.05, 0.1) is 7.11 Å². The Kier molecular flexibility index (Phi) is 2.86. The van der Waals surface area contributed by atoms with E-state index in [1.807, 2.05) is 32.9 Å². The van der Waals surface area contributed by atoms with Gasteiger partial charge in [-0.1, -0.05) is 6.92 Å². The number of hydrogen-bond acceptors (Lipinski definition) is 2. The summed E-state index contributed by atoms with van der Waals surface area (Å²) in [6.07, 6.45) is 1.99. The highest BCUT2D eigenvalue weighted by Crippen LogP contribution is 2.46. The highest BCUT2D eigenvalue weighted by molar-refractivity contribution is 5.98. The third-order valence-corrected chi connectivity index (χ3v) is 3.53. The first-order valence-corrected chi connectivity index (χ1v) is 5.93. The van der Waals surface area contributed by atoms with E-state index in [9.17, 15) is 4.79 Å². The van der Waals surface area contributed by atoms with Crippen molar-refractivity contribution >= 4 is 11.6 Å². The van der Waals surface area contributed by atoms with E-state index < -0.39 is 0 Å². The molecule has 0 aromatic heterocycles. The second-order valence-electron chi connectivity index (χ2n) is 5.15. The molecule has 0 atom stereocenters. The Hall–Kier alpha value is -1.51. The number of carbonyl (C=O) groups excluding carboxylic acids is 1. The molecule has 1 saturated carbocycles. The molecule has 2 rings (SSSR count). The van der Waals surface area contributed by atoms with Crippen molar-refractivity contribution in [2.75, 3.05) is 12.4 Å². The number of benzene rings is 1. The minimum absolute atomic E-state index is 0.133. The minimum atomic E-state index is -0.140. The molecule has 92 valence electrons. The van der Waals surface area contributed by atoms with Crippen molar-refractivity contribution < 1.29 is 9.53 Å². The van der Waals surface area contributed by atoms with Crippen LogP contribution < -0.4 is 10.1 Å². The topological polar surface area (TPSA) is 38.3 Å². The van der Waals surface area contributed by atoms with Gasteiger partial charge in [-0.3, -0.25) is 4.79 Å². The minimum Gasteiger partial charge on any atom is -0.497 e. The third kappa shape index (κ3) is 2.28. The van der Waals surface area contributed by atoms with Crippen LogP contribution in [0.3, 0.4) is 0 Å². The number of anilines is 1. The van der Waals surface area contributed by atoms with Crippen LogP contribution in [-0.2, 0) is 4.79 Å². The Morgan fingerprint density at radius 3 is 2.24 bits per heavy atom. The van der Waals surface area contributed by atoms with E-state index in [0.29, 0.717) is 0 Å². The van der Waals surface area contributed by atoms with Gasteiger partial charge in [-0.25, -0.2) is 0 Å². The molecule has 0 heterocycles. The second kappa shape index (κ2) is 4.06. The summed E-state index contributed by atoms with van der Waals surface area (Å²) >= 11 is 0. The molecule has 0 aliphatic heterocycles. The Labute approximate surface area is 102 Å². The van der Waals surface area contributed by atoms with Crippen molar-refractivity contribution in [1.82, 2.24) is 0 Å². The lowest BCUT2D eigenvalue weighted by Gasteiger charge is -2.15. The van der Waals surface area contributed by atoms with E-state index in [4.69, 9.17) is 4.74 Å². The predicted molar refractivity (Wildman–Crippen MR) is 68.4 cm³/mol. The number of rotatable bonds is 3. The Bertz CT molecular complexity index is 438. The summed E-state index contributed by atoms with van der Waals surface area (Å²) in [4.78, 5) is 12.0. The molecule has 1 aromatic carbocycles. The standard InChI is InChI=1S/C14H19NO2/c1-9-7-11(17-4)8-10(2)12(9)15-13(16)14(3)5-6-14/h7-8H,5-6H2,1-4H3,(H,15,16). The molecular weight excluding hydrogens is 214 g/mol. The fourth-order valence-electron chi connectivity index (χ4n) is 1.92. The molecule has 0 radical (unpaired) electrons. The summed E-state index contributed by atoms with van der Waals surface area (Å²) < 4.78 is 5.20. The molecule has 1 amide bonds. The van der Waals surface area contributed by atoms with E-state index in [2.05, 4.69) is 5.32 Å². The lowest BCUT2D eigenvalue weighted by molar-refractivity contribution is -0.120. The van der Waals surface area contributed by atoms with E-state index >= 15 is 0 Å². The van der Waals surface area contributed by atoms with Gasteiger partial charge in [-0.2, -0.15) is 0 Å². The zero-order chi connectivity index (χ0) is 12.6. The third-order valence-electron chi connectivity index (χ3n) is 3.53. The summed E-state index contributed by atoms with van der Waals surface area (Å²) in [5, 5.41) is 3.04. The smallest absolute Gasteiger partial charge is 0.230 e. The molecule has 0 bridgehead atoms. The monoisotopic (exact) mass is 233 g/mol. The molecule has 0 unspecified atom stereocenters. The number of amides is 1. The Morgan fingerprint density at radius 1 is 1.29 bits per heavy atom. The highest BCUT2D eigenvalue weighted by atomic mass is 16.5. The quantitative estimate of drug-likeness (QED) is 0.871. The van der Waals surface area contributed by atoms with Gasteiger partial charge in [0.15, 0.2) is 0 Å². The van der Waals surface area contributed by atoms with E-state index in [-0.39, 0.29) is 11.3 Å². The Balaban J connectivity index is 2.24. The maximum absolute atomic E-state index is 12.0. The first kappa shape index (κ1) is 12.0. The van der Waals surface area contributed by atoms with E-state index in [1.165, 1.54) is 0 Å². The largest absolute Gasteiger partial charge is 0.497 e. The summed E-state index contributed by atoms with van der Waals surface area (Å²) in [5.74, 6) is 0.962. The van der Waals surface area contributed by atoms with Crippen LogP contribution in [0.15, 0.2) is 12.1 Å². The van der Waals surface area contributed by atoms with Crippen molar-refractivity contribution in [2.24, 2.45) is 5.41 Å². The average molecular weight is 233 g/mol. The van der Waals surface area contributed by atoms with Crippen LogP contribution in [0.4, 0.5) is 5.69 Å². The van der Waals surface area contributed by atoms with E-state index in [0.717, 1.165) is 35.4 Å². The molecule has 1 aromatic rings. The summed E-state index contributed by atoms with van der Waals surface area (Å²) in [7, 11) is 1.65. The normalized spacial score (nSPS) is 16.5. The number of carbonyl (C=O) groups is 1. The zero-order valence-corrected chi connectivity index (χ0v) is 10.9. The summed E-state index contributed by atoms with van der Waals surface area (Å²) in [6.45, 7) is 5.98. The molecule has 3 nitrogen and oxygen atoms in total. The van der Waals surface area contributed by atoms with Crippen LogP contribution >= 0.6 is 0 Å². The van der Waals surface area contributed by atoms with Gasteiger partial charge in [0.1, 0.15) is 5.75 Å². The lowest BCUT2D eigenvalue weighted by atomic mass is 10.1. The van der Waals surface area contributed by atoms with Gasteiger partial charge in [-0.05, 0) is 49.9 Å². The fraction of sp³-hybridized carbons (Fsp3) is 0.500. The van der Waals surface area contributed by atoms with Crippen LogP contribution in [0.2, 0.25) is 0 Å². The summed E-state index contributed by atoms with van der Waals surface area (Å²) in [5.41, 5.74) is 2.86. The van der Waals surface area contributed by atoms with Gasteiger partial charge in [0.2, 0.25) is 5.91 Å². The van der Waals surface area contributed by atoms with Crippen molar-refractivity contribution in [3.05, 3.63) is 23.3 Å². The molecular formula is C14H19NO2. The zero-order valence-electron chi connectivity index (χ0n) is 10.9. The maximum atomic E-state index is 12.0. The SMILES string of the molecule is COc1cc(C)c(NC(=O)C2(C)CC2)c(C)c1. The van der Waals surface area contributed by atoms with Gasteiger partial charge in [0, 0.05) is 11.1 Å². The predicted octanol–water partition coefficient (Wildman–Crippen LogP) is 3.05. The lowest BCUT2D eigenvalue weighted by Crippen LogP contribution is -2.22. The van der Waals surface area contributed by atoms with E-state index in [1.54, 1.807) is 7.11 Å². The van der Waals surface area contributed by atoms with Crippen molar-refractivity contribution in [3.63, 3.8) is 0 Å². The average Bonchev–Trinajstić information content (AvgIpc) is 3.02. The van der Waals surface area contributed by atoms with Gasteiger partial charge in [-0.15, -0.1) is 0 Å². The van der Waals surface area contributed by atoms with Crippen LogP contribution in [0.25, 0.3) is 0 Å². The van der Waals surface area contributed by atoms with Crippen LogP contribution in [0.5, 0.6) is 5.75 Å². The fourth-order valence-corrected chi connectivity index (χ4v) is 1.92. The molecule has 0 spiro atoms. The number of hydrogen-bond donors (Lipinski definition) is 1. The molecule has 1 aliphatic rings. The molecule has 0 saturated heterocycles. The number of nitrogens with one attached hydrogen (secondary N) is 1. The molecule has 3 heteroatoms. The molecule has 17 heavy (non-hydrogen) atoms. The first-order valence-electron chi connectivity index (χ1n) is 5.93. The van der Waals surface area contributed by atoms with Crippen LogP contribution in [0, 0.1) is 19.3 Å². The van der Waals surface area contributed by atoms with Crippen molar-refractivity contribution in [2.45, 2.75) is 33.6 Å². The molecule has 1 fully saturated rings. The second-order valence-corrected chi connectivity index (χ2v) is 5.15. The number of ether oxygens (including phenoxy) is 1. The maximum Gasteiger partial charge on any atom is 0.230 e. The van der Waals surface area contributed by atoms with Crippen LogP contribution in [-0.4, -0.2) is 13.0 Å². The number of methoxy groups -OCH3 is 1. The Morgan fingerprint density at radius 2 is 1.82 bits per heavy atom. The van der Waals surface area contributed by atoms with Crippen molar-refractivity contribution in [3.8, 4) is 5.75 Å². The molecule has 1 aliphatic carbocycles. The summed E-state index contributed by atoms with van der Waals surface area (Å²) in [6, 6.07) is 3.88. The van der Waals surface area contributed by atoms with Gasteiger partial charge in [0.25, 0.3) is 0 Å². The van der Waals surface area contributed by atoms with Crippen molar-refractivity contribution in [1.29, 1.82) is 0 Å².